The molecule has 0 saturated carbocycles. The molecule has 0 spiro atoms. The number of halogens is 1. The summed E-state index contributed by atoms with van der Waals surface area (Å²) in [5.74, 6) is -0.514. The number of methoxy groups -OCH3 is 1. The lowest BCUT2D eigenvalue weighted by molar-refractivity contribution is -0.144. The van der Waals surface area contributed by atoms with E-state index < -0.39 is 5.97 Å². The number of likely N-dealkylation sites (tertiary alicyclic amines) is 1. The Morgan fingerprint density at radius 3 is 2.79 bits per heavy atom. The lowest BCUT2D eigenvalue weighted by atomic mass is 9.98. The van der Waals surface area contributed by atoms with Crippen molar-refractivity contribution >= 4 is 24.3 Å². The first-order valence-corrected chi connectivity index (χ1v) is 7.88. The standard InChI is InChI=1S/C17H24N2O4.ClH/c1-12(14-7-3-4-8-15(14)23-2)18-16(20)11-19-9-5-6-13(10-19)17(21)22;/h3-4,7-8,12-13H,5-6,9-11H2,1-2H3,(H,18,20)(H,21,22);1H. The molecule has 1 fully saturated rings. The summed E-state index contributed by atoms with van der Waals surface area (Å²) in [6, 6.07) is 7.41. The van der Waals surface area contributed by atoms with Crippen molar-refractivity contribution in [1.82, 2.24) is 10.2 Å². The van der Waals surface area contributed by atoms with Gasteiger partial charge in [0.05, 0.1) is 25.6 Å². The number of amides is 1. The molecule has 2 rings (SSSR count). The first-order chi connectivity index (χ1) is 11.0. The molecule has 2 N–H and O–H groups in total. The van der Waals surface area contributed by atoms with Gasteiger partial charge in [0, 0.05) is 12.1 Å². The van der Waals surface area contributed by atoms with Crippen LogP contribution in [0.15, 0.2) is 24.3 Å². The number of carboxylic acids is 1. The number of piperidine rings is 1. The van der Waals surface area contributed by atoms with Gasteiger partial charge in [-0.1, -0.05) is 18.2 Å². The molecule has 6 nitrogen and oxygen atoms in total. The van der Waals surface area contributed by atoms with E-state index in [-0.39, 0.29) is 36.8 Å². The summed E-state index contributed by atoms with van der Waals surface area (Å²) in [5.41, 5.74) is 0.922. The number of ether oxygens (including phenoxy) is 1. The highest BCUT2D eigenvalue weighted by atomic mass is 35.5. The second-order valence-electron chi connectivity index (χ2n) is 5.94. The van der Waals surface area contributed by atoms with Gasteiger partial charge in [0.2, 0.25) is 5.91 Å². The van der Waals surface area contributed by atoms with E-state index in [4.69, 9.17) is 9.84 Å². The maximum absolute atomic E-state index is 12.2. The van der Waals surface area contributed by atoms with Crippen LogP contribution in [-0.2, 0) is 9.59 Å². The maximum Gasteiger partial charge on any atom is 0.307 e. The first-order valence-electron chi connectivity index (χ1n) is 7.88. The van der Waals surface area contributed by atoms with Crippen LogP contribution in [0, 0.1) is 5.92 Å². The maximum atomic E-state index is 12.2. The SMILES string of the molecule is COc1ccccc1C(C)NC(=O)CN1CCCC(C(=O)O)C1.Cl. The minimum atomic E-state index is -0.780. The molecule has 0 radical (unpaired) electrons. The van der Waals surface area contributed by atoms with Crippen molar-refractivity contribution in [1.29, 1.82) is 0 Å². The van der Waals surface area contributed by atoms with Gasteiger partial charge in [0.1, 0.15) is 5.75 Å². The minimum absolute atomic E-state index is 0. The third-order valence-electron chi connectivity index (χ3n) is 4.20. The van der Waals surface area contributed by atoms with Crippen LogP contribution in [0.3, 0.4) is 0 Å². The Bertz CT molecular complexity index is 567. The minimum Gasteiger partial charge on any atom is -0.496 e. The van der Waals surface area contributed by atoms with Crippen molar-refractivity contribution < 1.29 is 19.4 Å². The van der Waals surface area contributed by atoms with Crippen LogP contribution in [0.25, 0.3) is 0 Å². The van der Waals surface area contributed by atoms with Crippen LogP contribution in [0.1, 0.15) is 31.4 Å². The molecule has 7 heteroatoms. The molecule has 24 heavy (non-hydrogen) atoms. The Morgan fingerprint density at radius 2 is 2.12 bits per heavy atom. The summed E-state index contributed by atoms with van der Waals surface area (Å²) in [4.78, 5) is 25.2. The summed E-state index contributed by atoms with van der Waals surface area (Å²) >= 11 is 0. The predicted molar refractivity (Wildman–Crippen MR) is 93.6 cm³/mol. The molecular formula is C17H25ClN2O4. The number of hydrogen-bond donors (Lipinski definition) is 2. The van der Waals surface area contributed by atoms with Crippen molar-refractivity contribution in [2.24, 2.45) is 5.92 Å². The van der Waals surface area contributed by atoms with Gasteiger partial charge >= 0.3 is 5.97 Å². The molecule has 0 aliphatic carbocycles. The topological polar surface area (TPSA) is 78.9 Å². The van der Waals surface area contributed by atoms with Crippen LogP contribution in [0.5, 0.6) is 5.75 Å². The van der Waals surface area contributed by atoms with Crippen molar-refractivity contribution in [3.63, 3.8) is 0 Å². The molecular weight excluding hydrogens is 332 g/mol. The van der Waals surface area contributed by atoms with Crippen molar-refractivity contribution in [2.45, 2.75) is 25.8 Å². The van der Waals surface area contributed by atoms with Crippen LogP contribution < -0.4 is 10.1 Å². The third-order valence-corrected chi connectivity index (χ3v) is 4.20. The highest BCUT2D eigenvalue weighted by molar-refractivity contribution is 5.85. The third kappa shape index (κ3) is 5.39. The summed E-state index contributed by atoms with van der Waals surface area (Å²) < 4.78 is 5.31. The van der Waals surface area contributed by atoms with E-state index in [1.54, 1.807) is 7.11 Å². The number of benzene rings is 1. The average molecular weight is 357 g/mol. The second-order valence-corrected chi connectivity index (χ2v) is 5.94. The van der Waals surface area contributed by atoms with Crippen LogP contribution in [0.4, 0.5) is 0 Å². The van der Waals surface area contributed by atoms with Gasteiger partial charge in [0.15, 0.2) is 0 Å². The van der Waals surface area contributed by atoms with Gasteiger partial charge in [0.25, 0.3) is 0 Å². The number of nitrogens with zero attached hydrogens (tertiary/aromatic N) is 1. The number of rotatable bonds is 6. The Hall–Kier alpha value is -1.79. The van der Waals surface area contributed by atoms with Crippen LogP contribution >= 0.6 is 12.4 Å². The largest absolute Gasteiger partial charge is 0.496 e. The van der Waals surface area contributed by atoms with Crippen molar-refractivity contribution in [3.05, 3.63) is 29.8 Å². The van der Waals surface area contributed by atoms with E-state index in [9.17, 15) is 9.59 Å². The number of carbonyl (C=O) groups excluding carboxylic acids is 1. The molecule has 134 valence electrons. The number of aliphatic carboxylic acids is 1. The molecule has 2 unspecified atom stereocenters. The zero-order chi connectivity index (χ0) is 16.8. The molecule has 2 atom stereocenters. The predicted octanol–water partition coefficient (Wildman–Crippen LogP) is 2.09. The molecule has 1 aliphatic heterocycles. The van der Waals surface area contributed by atoms with E-state index in [0.29, 0.717) is 13.0 Å². The number of hydrogen-bond acceptors (Lipinski definition) is 4. The Balaban J connectivity index is 0.00000288. The van der Waals surface area contributed by atoms with Gasteiger partial charge in [-0.3, -0.25) is 14.5 Å². The highest BCUT2D eigenvalue weighted by Gasteiger charge is 2.26. The number of para-hydroxylation sites is 1. The monoisotopic (exact) mass is 356 g/mol. The van der Waals surface area contributed by atoms with Gasteiger partial charge in [-0.25, -0.2) is 0 Å². The lowest BCUT2D eigenvalue weighted by Crippen LogP contribution is -2.44. The first kappa shape index (κ1) is 20.3. The normalized spacial score (nSPS) is 19.0. The van der Waals surface area contributed by atoms with Gasteiger partial charge in [-0.15, -0.1) is 12.4 Å². The highest BCUT2D eigenvalue weighted by Crippen LogP contribution is 2.24. The zero-order valence-electron chi connectivity index (χ0n) is 14.0. The zero-order valence-corrected chi connectivity index (χ0v) is 14.8. The van der Waals surface area contributed by atoms with E-state index >= 15 is 0 Å². The fraction of sp³-hybridized carbons (Fsp3) is 0.529. The Labute approximate surface area is 148 Å². The number of carbonyl (C=O) groups is 2. The van der Waals surface area contributed by atoms with E-state index in [2.05, 4.69) is 5.32 Å². The number of nitrogens with one attached hydrogen (secondary N) is 1. The van der Waals surface area contributed by atoms with Gasteiger partial charge in [-0.2, -0.15) is 0 Å². The van der Waals surface area contributed by atoms with E-state index in [1.807, 2.05) is 36.1 Å². The fourth-order valence-corrected chi connectivity index (χ4v) is 2.99. The summed E-state index contributed by atoms with van der Waals surface area (Å²) in [5, 5.41) is 12.1. The molecule has 1 heterocycles. The summed E-state index contributed by atoms with van der Waals surface area (Å²) in [6.07, 6.45) is 1.50. The summed E-state index contributed by atoms with van der Waals surface area (Å²) in [6.45, 7) is 3.33. The molecule has 0 aromatic heterocycles. The van der Waals surface area contributed by atoms with Crippen molar-refractivity contribution in [3.8, 4) is 5.75 Å². The Morgan fingerprint density at radius 1 is 1.42 bits per heavy atom. The van der Waals surface area contributed by atoms with Crippen molar-refractivity contribution in [2.75, 3.05) is 26.7 Å². The smallest absolute Gasteiger partial charge is 0.307 e. The fourth-order valence-electron chi connectivity index (χ4n) is 2.99. The van der Waals surface area contributed by atoms with Gasteiger partial charge in [-0.05, 0) is 32.4 Å². The Kier molecular flexibility index (Phi) is 8.01. The quantitative estimate of drug-likeness (QED) is 0.816. The molecule has 1 saturated heterocycles. The molecule has 1 amide bonds. The average Bonchev–Trinajstić information content (AvgIpc) is 2.54. The van der Waals surface area contributed by atoms with Crippen LogP contribution in [0.2, 0.25) is 0 Å². The van der Waals surface area contributed by atoms with Gasteiger partial charge < -0.3 is 15.2 Å². The summed E-state index contributed by atoms with van der Waals surface area (Å²) in [7, 11) is 1.60. The van der Waals surface area contributed by atoms with Crippen LogP contribution in [-0.4, -0.2) is 48.6 Å². The van der Waals surface area contributed by atoms with E-state index in [0.717, 1.165) is 24.3 Å². The molecule has 1 aromatic carbocycles. The van der Waals surface area contributed by atoms with E-state index in [1.165, 1.54) is 0 Å². The number of carboxylic acid groups (broad SMARTS) is 1. The second kappa shape index (κ2) is 9.49. The lowest BCUT2D eigenvalue weighted by Gasteiger charge is -2.30. The molecule has 1 aromatic rings. The molecule has 1 aliphatic rings. The molecule has 0 bridgehead atoms.